The fraction of sp³-hybridized carbons (Fsp3) is 0.562. The van der Waals surface area contributed by atoms with E-state index in [1.807, 2.05) is 38.4 Å². The molecular formula is C16H24N2O3. The van der Waals surface area contributed by atoms with Crippen molar-refractivity contribution in [2.24, 2.45) is 0 Å². The largest absolute Gasteiger partial charge is 0.490 e. The number of nitrogens with one attached hydrogen (secondary N) is 1. The molecule has 1 amide bonds. The van der Waals surface area contributed by atoms with Crippen LogP contribution in [0, 0.1) is 0 Å². The van der Waals surface area contributed by atoms with Gasteiger partial charge < -0.3 is 19.7 Å². The van der Waals surface area contributed by atoms with Crippen LogP contribution in [0.4, 0.5) is 0 Å². The third-order valence-electron chi connectivity index (χ3n) is 3.62. The minimum atomic E-state index is 0.0304. The van der Waals surface area contributed by atoms with Crippen LogP contribution in [-0.4, -0.2) is 57.3 Å². The Kier molecular flexibility index (Phi) is 6.02. The molecular weight excluding hydrogens is 268 g/mol. The van der Waals surface area contributed by atoms with Gasteiger partial charge in [-0.3, -0.25) is 4.79 Å². The van der Waals surface area contributed by atoms with Crippen LogP contribution in [0.1, 0.15) is 23.2 Å². The molecule has 1 aliphatic heterocycles. The molecule has 1 aromatic rings. The standard InChI is InChI=1S/C16H24N2O3/c1-17-9-10-18(2)16(19)13-3-5-14(6-4-13)21-15-7-11-20-12-8-15/h3-6,15,17H,7-12H2,1-2H3. The van der Waals surface area contributed by atoms with Crippen molar-refractivity contribution in [2.45, 2.75) is 18.9 Å². The molecule has 0 aromatic heterocycles. The van der Waals surface area contributed by atoms with Gasteiger partial charge in [0.2, 0.25) is 0 Å². The summed E-state index contributed by atoms with van der Waals surface area (Å²) in [6, 6.07) is 7.39. The van der Waals surface area contributed by atoms with Gasteiger partial charge >= 0.3 is 0 Å². The molecule has 0 radical (unpaired) electrons. The smallest absolute Gasteiger partial charge is 0.253 e. The average Bonchev–Trinajstić information content (AvgIpc) is 2.53. The summed E-state index contributed by atoms with van der Waals surface area (Å²) < 4.78 is 11.2. The highest BCUT2D eigenvalue weighted by molar-refractivity contribution is 5.94. The van der Waals surface area contributed by atoms with Crippen LogP contribution in [0.5, 0.6) is 5.75 Å². The summed E-state index contributed by atoms with van der Waals surface area (Å²) in [5.74, 6) is 0.846. The van der Waals surface area contributed by atoms with Gasteiger partial charge in [-0.15, -0.1) is 0 Å². The first kappa shape index (κ1) is 15.8. The Labute approximate surface area is 126 Å². The minimum absolute atomic E-state index is 0.0304. The molecule has 21 heavy (non-hydrogen) atoms. The minimum Gasteiger partial charge on any atom is -0.490 e. The van der Waals surface area contributed by atoms with Crippen molar-refractivity contribution in [2.75, 3.05) is 40.4 Å². The molecule has 1 heterocycles. The maximum Gasteiger partial charge on any atom is 0.253 e. The van der Waals surface area contributed by atoms with E-state index < -0.39 is 0 Å². The van der Waals surface area contributed by atoms with Crippen molar-refractivity contribution >= 4 is 5.91 Å². The lowest BCUT2D eigenvalue weighted by atomic mass is 10.1. The van der Waals surface area contributed by atoms with E-state index in [0.29, 0.717) is 12.1 Å². The summed E-state index contributed by atoms with van der Waals surface area (Å²) in [5.41, 5.74) is 0.688. The van der Waals surface area contributed by atoms with Crippen molar-refractivity contribution in [1.82, 2.24) is 10.2 Å². The molecule has 0 saturated carbocycles. The zero-order valence-electron chi connectivity index (χ0n) is 12.8. The molecule has 2 rings (SSSR count). The highest BCUT2D eigenvalue weighted by Gasteiger charge is 2.16. The van der Waals surface area contributed by atoms with Crippen molar-refractivity contribution in [3.05, 3.63) is 29.8 Å². The molecule has 1 aromatic carbocycles. The zero-order valence-corrected chi connectivity index (χ0v) is 12.8. The number of rotatable bonds is 6. The maximum atomic E-state index is 12.2. The van der Waals surface area contributed by atoms with Crippen LogP contribution in [0.25, 0.3) is 0 Å². The Bertz CT molecular complexity index is 441. The first-order valence-corrected chi connectivity index (χ1v) is 7.45. The number of amides is 1. The summed E-state index contributed by atoms with van der Waals surface area (Å²) in [5, 5.41) is 3.04. The summed E-state index contributed by atoms with van der Waals surface area (Å²) >= 11 is 0. The fourth-order valence-electron chi connectivity index (χ4n) is 2.26. The van der Waals surface area contributed by atoms with E-state index in [4.69, 9.17) is 9.47 Å². The lowest BCUT2D eigenvalue weighted by Gasteiger charge is -2.23. The molecule has 1 fully saturated rings. The van der Waals surface area contributed by atoms with Gasteiger partial charge in [-0.1, -0.05) is 0 Å². The highest BCUT2D eigenvalue weighted by atomic mass is 16.5. The van der Waals surface area contributed by atoms with E-state index in [-0.39, 0.29) is 12.0 Å². The average molecular weight is 292 g/mol. The molecule has 1 aliphatic rings. The Morgan fingerprint density at radius 3 is 2.62 bits per heavy atom. The van der Waals surface area contributed by atoms with Crippen molar-refractivity contribution in [3.63, 3.8) is 0 Å². The number of ether oxygens (including phenoxy) is 2. The second kappa shape index (κ2) is 8.00. The summed E-state index contributed by atoms with van der Waals surface area (Å²) in [4.78, 5) is 13.9. The first-order chi connectivity index (χ1) is 10.2. The van der Waals surface area contributed by atoms with Crippen LogP contribution in [0.2, 0.25) is 0 Å². The van der Waals surface area contributed by atoms with E-state index in [9.17, 15) is 4.79 Å². The topological polar surface area (TPSA) is 50.8 Å². The van der Waals surface area contributed by atoms with Crippen LogP contribution >= 0.6 is 0 Å². The fourth-order valence-corrected chi connectivity index (χ4v) is 2.26. The third kappa shape index (κ3) is 4.72. The number of carbonyl (C=O) groups excluding carboxylic acids is 1. The van der Waals surface area contributed by atoms with Crippen LogP contribution in [0.15, 0.2) is 24.3 Å². The van der Waals surface area contributed by atoms with E-state index in [0.717, 1.165) is 38.3 Å². The predicted molar refractivity (Wildman–Crippen MR) is 81.8 cm³/mol. The van der Waals surface area contributed by atoms with E-state index >= 15 is 0 Å². The Hall–Kier alpha value is -1.59. The molecule has 0 aliphatic carbocycles. The molecule has 0 unspecified atom stereocenters. The number of benzene rings is 1. The Morgan fingerprint density at radius 2 is 2.00 bits per heavy atom. The monoisotopic (exact) mass is 292 g/mol. The molecule has 0 spiro atoms. The number of likely N-dealkylation sites (N-methyl/N-ethyl adjacent to an activating group) is 2. The van der Waals surface area contributed by atoms with Gasteiger partial charge in [0.1, 0.15) is 11.9 Å². The molecule has 1 saturated heterocycles. The predicted octanol–water partition coefficient (Wildman–Crippen LogP) is 1.54. The number of hydrogen-bond donors (Lipinski definition) is 1. The van der Waals surface area contributed by atoms with E-state index in [1.165, 1.54) is 0 Å². The molecule has 0 atom stereocenters. The van der Waals surface area contributed by atoms with Gasteiger partial charge in [0.15, 0.2) is 0 Å². The quantitative estimate of drug-likeness (QED) is 0.864. The van der Waals surface area contributed by atoms with Gasteiger partial charge in [-0.2, -0.15) is 0 Å². The van der Waals surface area contributed by atoms with Crippen LogP contribution in [-0.2, 0) is 4.74 Å². The highest BCUT2D eigenvalue weighted by Crippen LogP contribution is 2.19. The number of hydrogen-bond acceptors (Lipinski definition) is 4. The molecule has 5 heteroatoms. The number of nitrogens with zero attached hydrogens (tertiary/aromatic N) is 1. The van der Waals surface area contributed by atoms with Gasteiger partial charge in [0.25, 0.3) is 5.91 Å². The van der Waals surface area contributed by atoms with Crippen LogP contribution in [0.3, 0.4) is 0 Å². The zero-order chi connectivity index (χ0) is 15.1. The van der Waals surface area contributed by atoms with E-state index in [1.54, 1.807) is 4.90 Å². The second-order valence-corrected chi connectivity index (χ2v) is 5.28. The van der Waals surface area contributed by atoms with Gasteiger partial charge in [-0.25, -0.2) is 0 Å². The van der Waals surface area contributed by atoms with Gasteiger partial charge in [0, 0.05) is 38.5 Å². The summed E-state index contributed by atoms with van der Waals surface area (Å²) in [6.45, 7) is 3.00. The number of carbonyl (C=O) groups is 1. The second-order valence-electron chi connectivity index (χ2n) is 5.28. The van der Waals surface area contributed by atoms with Gasteiger partial charge in [-0.05, 0) is 31.3 Å². The summed E-state index contributed by atoms with van der Waals surface area (Å²) in [6.07, 6.45) is 2.07. The Balaban J connectivity index is 1.90. The van der Waals surface area contributed by atoms with Crippen molar-refractivity contribution in [1.29, 1.82) is 0 Å². The maximum absolute atomic E-state index is 12.2. The summed E-state index contributed by atoms with van der Waals surface area (Å²) in [7, 11) is 3.69. The normalized spacial score (nSPS) is 15.7. The van der Waals surface area contributed by atoms with Gasteiger partial charge in [0.05, 0.1) is 13.2 Å². The third-order valence-corrected chi connectivity index (χ3v) is 3.62. The van der Waals surface area contributed by atoms with Crippen molar-refractivity contribution in [3.8, 4) is 5.75 Å². The van der Waals surface area contributed by atoms with E-state index in [2.05, 4.69) is 5.32 Å². The van der Waals surface area contributed by atoms with Crippen LogP contribution < -0.4 is 10.1 Å². The Morgan fingerprint density at radius 1 is 1.33 bits per heavy atom. The lowest BCUT2D eigenvalue weighted by molar-refractivity contribution is 0.0256. The SMILES string of the molecule is CNCCN(C)C(=O)c1ccc(OC2CCOCC2)cc1. The first-order valence-electron chi connectivity index (χ1n) is 7.45. The molecule has 116 valence electrons. The molecule has 5 nitrogen and oxygen atoms in total. The lowest BCUT2D eigenvalue weighted by Crippen LogP contribution is -2.32. The molecule has 0 bridgehead atoms. The van der Waals surface area contributed by atoms with Crippen molar-refractivity contribution < 1.29 is 14.3 Å². The molecule has 1 N–H and O–H groups in total.